The van der Waals surface area contributed by atoms with Crippen molar-refractivity contribution in [1.82, 2.24) is 10.2 Å². The van der Waals surface area contributed by atoms with E-state index in [4.69, 9.17) is 9.15 Å². The molecule has 0 spiro atoms. The molecule has 1 aliphatic rings. The molecule has 3 rings (SSSR count). The van der Waals surface area contributed by atoms with E-state index in [0.29, 0.717) is 5.76 Å². The van der Waals surface area contributed by atoms with Crippen LogP contribution in [0.3, 0.4) is 0 Å². The van der Waals surface area contributed by atoms with Crippen molar-refractivity contribution in [3.05, 3.63) is 54.2 Å². The second kappa shape index (κ2) is 8.55. The van der Waals surface area contributed by atoms with Gasteiger partial charge in [0.2, 0.25) is 17.9 Å². The summed E-state index contributed by atoms with van der Waals surface area (Å²) < 4.78 is 23.4. The van der Waals surface area contributed by atoms with Crippen molar-refractivity contribution < 1.29 is 33.0 Å². The lowest BCUT2D eigenvalue weighted by molar-refractivity contribution is -0.145. The van der Waals surface area contributed by atoms with E-state index in [2.05, 4.69) is 5.32 Å². The quantitative estimate of drug-likeness (QED) is 0.706. The van der Waals surface area contributed by atoms with E-state index in [1.165, 1.54) is 23.3 Å². The Kier molecular flexibility index (Phi) is 5.93. The number of ether oxygens (including phenoxy) is 1. The minimum absolute atomic E-state index is 0.0447. The molecule has 1 aromatic heterocycles. The summed E-state index contributed by atoms with van der Waals surface area (Å²) in [6.07, 6.45) is 0.210. The zero-order valence-corrected chi connectivity index (χ0v) is 14.8. The normalized spacial score (nSPS) is 17.4. The first-order valence-corrected chi connectivity index (χ1v) is 8.65. The molecule has 2 N–H and O–H groups in total. The van der Waals surface area contributed by atoms with Crippen LogP contribution >= 0.6 is 0 Å². The monoisotopic (exact) mass is 390 g/mol. The van der Waals surface area contributed by atoms with E-state index in [-0.39, 0.29) is 37.7 Å². The van der Waals surface area contributed by atoms with Crippen LogP contribution in [0.25, 0.3) is 0 Å². The molecule has 1 aliphatic heterocycles. The number of carboxylic acids is 1. The molecule has 1 saturated heterocycles. The molecule has 1 fully saturated rings. The average molecular weight is 390 g/mol. The Morgan fingerprint density at radius 2 is 2.07 bits per heavy atom. The van der Waals surface area contributed by atoms with E-state index in [0.717, 1.165) is 12.1 Å². The molecule has 0 saturated carbocycles. The molecule has 9 heteroatoms. The third kappa shape index (κ3) is 4.87. The highest BCUT2D eigenvalue weighted by Gasteiger charge is 2.35. The Hall–Kier alpha value is -3.36. The van der Waals surface area contributed by atoms with Crippen LogP contribution in [0.2, 0.25) is 0 Å². The fourth-order valence-corrected chi connectivity index (χ4v) is 2.89. The number of amides is 2. The van der Waals surface area contributed by atoms with Gasteiger partial charge in [-0.05, 0) is 36.4 Å². The summed E-state index contributed by atoms with van der Waals surface area (Å²) >= 11 is 0. The lowest BCUT2D eigenvalue weighted by Crippen LogP contribution is -2.42. The van der Waals surface area contributed by atoms with Gasteiger partial charge in [0.15, 0.2) is 0 Å². The van der Waals surface area contributed by atoms with Crippen LogP contribution in [0, 0.1) is 11.7 Å². The van der Waals surface area contributed by atoms with Gasteiger partial charge in [0.1, 0.15) is 17.3 Å². The summed E-state index contributed by atoms with van der Waals surface area (Å²) in [4.78, 5) is 37.3. The number of nitrogens with zero attached hydrogens (tertiary/aromatic N) is 1. The van der Waals surface area contributed by atoms with Crippen molar-refractivity contribution in [3.63, 3.8) is 0 Å². The van der Waals surface area contributed by atoms with E-state index in [9.17, 15) is 23.9 Å². The number of furan rings is 1. The molecular formula is C19H19FN2O6. The van der Waals surface area contributed by atoms with Crippen molar-refractivity contribution in [3.8, 4) is 5.75 Å². The predicted molar refractivity (Wildman–Crippen MR) is 93.7 cm³/mol. The highest BCUT2D eigenvalue weighted by Crippen LogP contribution is 2.20. The van der Waals surface area contributed by atoms with E-state index in [1.54, 1.807) is 12.1 Å². The number of benzene rings is 1. The lowest BCUT2D eigenvalue weighted by Gasteiger charge is -2.18. The van der Waals surface area contributed by atoms with Crippen molar-refractivity contribution in [1.29, 1.82) is 0 Å². The molecule has 1 aromatic carbocycles. The highest BCUT2D eigenvalue weighted by atomic mass is 19.1. The number of rotatable bonds is 8. The van der Waals surface area contributed by atoms with Crippen LogP contribution in [0.5, 0.6) is 5.75 Å². The average Bonchev–Trinajstić information content (AvgIpc) is 3.30. The van der Waals surface area contributed by atoms with Gasteiger partial charge in [-0.2, -0.15) is 0 Å². The third-order valence-electron chi connectivity index (χ3n) is 4.34. The molecule has 2 unspecified atom stereocenters. The Labute approximate surface area is 159 Å². The number of hydrogen-bond donors (Lipinski definition) is 2. The van der Waals surface area contributed by atoms with Gasteiger partial charge in [-0.3, -0.25) is 9.59 Å². The lowest BCUT2D eigenvalue weighted by atomic mass is 10.1. The Balaban J connectivity index is 1.52. The first-order valence-electron chi connectivity index (χ1n) is 8.65. The summed E-state index contributed by atoms with van der Waals surface area (Å²) in [5, 5.41) is 11.8. The molecule has 8 nitrogen and oxygen atoms in total. The summed E-state index contributed by atoms with van der Waals surface area (Å²) in [6, 6.07) is 8.35. The molecule has 0 bridgehead atoms. The zero-order valence-electron chi connectivity index (χ0n) is 14.8. The topological polar surface area (TPSA) is 109 Å². The number of halogens is 1. The summed E-state index contributed by atoms with van der Waals surface area (Å²) in [7, 11) is 0. The fraction of sp³-hybridized carbons (Fsp3) is 0.316. The first kappa shape index (κ1) is 19.4. The number of likely N-dealkylation sites (tertiary alicyclic amines) is 1. The molecular weight excluding hydrogens is 371 g/mol. The van der Waals surface area contributed by atoms with Crippen LogP contribution in [-0.2, 0) is 20.9 Å². The minimum Gasteiger partial charge on any atom is -0.478 e. The Morgan fingerprint density at radius 1 is 1.32 bits per heavy atom. The van der Waals surface area contributed by atoms with Gasteiger partial charge >= 0.3 is 5.97 Å². The van der Waals surface area contributed by atoms with Crippen LogP contribution < -0.4 is 10.1 Å². The van der Waals surface area contributed by atoms with Crippen LogP contribution in [0.4, 0.5) is 4.39 Å². The molecule has 148 valence electrons. The molecule has 2 amide bonds. The first-order chi connectivity index (χ1) is 13.4. The molecule has 2 heterocycles. The third-order valence-corrected chi connectivity index (χ3v) is 4.34. The van der Waals surface area contributed by atoms with Gasteiger partial charge in [-0.1, -0.05) is 0 Å². The number of hydrogen-bond acceptors (Lipinski definition) is 5. The van der Waals surface area contributed by atoms with Crippen LogP contribution in [0.1, 0.15) is 12.2 Å². The molecule has 28 heavy (non-hydrogen) atoms. The SMILES string of the molecule is O=C(NCC(Oc1ccc(F)cc1)C(=O)O)C1CC(=O)N(Cc2ccco2)C1. The van der Waals surface area contributed by atoms with E-state index < -0.39 is 29.7 Å². The van der Waals surface area contributed by atoms with E-state index >= 15 is 0 Å². The maximum absolute atomic E-state index is 12.9. The second-order valence-corrected chi connectivity index (χ2v) is 6.40. The Morgan fingerprint density at radius 3 is 2.71 bits per heavy atom. The van der Waals surface area contributed by atoms with Gasteiger partial charge in [0, 0.05) is 13.0 Å². The standard InChI is InChI=1S/C19H19FN2O6/c20-13-3-5-14(6-4-13)28-16(19(25)26)9-21-18(24)12-8-17(23)22(10-12)11-15-2-1-7-27-15/h1-7,12,16H,8-11H2,(H,21,24)(H,25,26). The molecule has 0 aliphatic carbocycles. The van der Waals surface area contributed by atoms with Gasteiger partial charge in [0.25, 0.3) is 0 Å². The van der Waals surface area contributed by atoms with Crippen molar-refractivity contribution >= 4 is 17.8 Å². The summed E-state index contributed by atoms with van der Waals surface area (Å²) in [6.45, 7) is 0.220. The zero-order chi connectivity index (χ0) is 20.1. The number of carbonyl (C=O) groups is 3. The largest absolute Gasteiger partial charge is 0.478 e. The highest BCUT2D eigenvalue weighted by molar-refractivity contribution is 5.89. The van der Waals surface area contributed by atoms with Gasteiger partial charge < -0.3 is 24.5 Å². The summed E-state index contributed by atoms with van der Waals surface area (Å²) in [5.41, 5.74) is 0. The number of carbonyl (C=O) groups excluding carboxylic acids is 2. The molecule has 0 radical (unpaired) electrons. The molecule has 2 aromatic rings. The van der Waals surface area contributed by atoms with Crippen molar-refractivity contribution in [2.75, 3.05) is 13.1 Å². The van der Waals surface area contributed by atoms with Gasteiger partial charge in [0.05, 0.1) is 25.3 Å². The van der Waals surface area contributed by atoms with Crippen molar-refractivity contribution in [2.24, 2.45) is 5.92 Å². The summed E-state index contributed by atoms with van der Waals surface area (Å²) in [5.74, 6) is -2.14. The smallest absolute Gasteiger partial charge is 0.346 e. The minimum atomic E-state index is -1.34. The maximum atomic E-state index is 12.9. The van der Waals surface area contributed by atoms with Gasteiger partial charge in [-0.25, -0.2) is 9.18 Å². The number of nitrogens with one attached hydrogen (secondary N) is 1. The fourth-order valence-electron chi connectivity index (χ4n) is 2.89. The predicted octanol–water partition coefficient (Wildman–Crippen LogP) is 1.42. The van der Waals surface area contributed by atoms with Gasteiger partial charge in [-0.15, -0.1) is 0 Å². The number of carboxylic acid groups (broad SMARTS) is 1. The molecule has 2 atom stereocenters. The van der Waals surface area contributed by atoms with Crippen molar-refractivity contribution in [2.45, 2.75) is 19.1 Å². The van der Waals surface area contributed by atoms with E-state index in [1.807, 2.05) is 0 Å². The second-order valence-electron chi connectivity index (χ2n) is 6.40. The number of aliphatic carboxylic acids is 1. The Bertz CT molecular complexity index is 837. The van der Waals surface area contributed by atoms with Crippen LogP contribution in [0.15, 0.2) is 47.1 Å². The van der Waals surface area contributed by atoms with Crippen LogP contribution in [-0.4, -0.2) is 47.0 Å². The maximum Gasteiger partial charge on any atom is 0.346 e.